The molecule has 1 amide bonds. The minimum absolute atomic E-state index is 0.0157. The van der Waals surface area contributed by atoms with Crippen LogP contribution < -0.4 is 5.32 Å². The van der Waals surface area contributed by atoms with Crippen molar-refractivity contribution in [2.45, 2.75) is 19.4 Å². The van der Waals surface area contributed by atoms with Crippen molar-refractivity contribution in [1.29, 1.82) is 0 Å². The molecular weight excluding hydrogens is 355 g/mol. The van der Waals surface area contributed by atoms with E-state index in [9.17, 15) is 4.79 Å². The molecule has 0 saturated heterocycles. The molecule has 0 aliphatic rings. The predicted molar refractivity (Wildman–Crippen MR) is 86.4 cm³/mol. The normalized spacial score (nSPS) is 12.5. The number of likely N-dealkylation sites (N-methyl/N-ethyl adjacent to an activating group) is 1. The van der Waals surface area contributed by atoms with Crippen molar-refractivity contribution < 1.29 is 9.53 Å². The maximum Gasteiger partial charge on any atom is 0.241 e. The largest absolute Gasteiger partial charge is 0.385 e. The summed E-state index contributed by atoms with van der Waals surface area (Å²) in [4.78, 5) is 14.1. The molecule has 1 unspecified atom stereocenters. The van der Waals surface area contributed by atoms with Gasteiger partial charge in [0.15, 0.2) is 0 Å². The Morgan fingerprint density at radius 3 is 2.89 bits per heavy atom. The highest BCUT2D eigenvalue weighted by molar-refractivity contribution is 14.1. The highest BCUT2D eigenvalue weighted by Gasteiger charge is 2.17. The fraction of sp³-hybridized carbons (Fsp3) is 0.500. The molecule has 0 spiro atoms. The Labute approximate surface area is 128 Å². The van der Waals surface area contributed by atoms with E-state index in [1.54, 1.807) is 7.11 Å². The summed E-state index contributed by atoms with van der Waals surface area (Å²) >= 11 is 2.23. The van der Waals surface area contributed by atoms with Crippen LogP contribution >= 0.6 is 22.6 Å². The van der Waals surface area contributed by atoms with E-state index in [4.69, 9.17) is 4.74 Å². The van der Waals surface area contributed by atoms with Gasteiger partial charge < -0.3 is 10.1 Å². The summed E-state index contributed by atoms with van der Waals surface area (Å²) in [5, 5.41) is 2.94. The second-order valence-corrected chi connectivity index (χ2v) is 5.75. The Morgan fingerprint density at radius 2 is 2.26 bits per heavy atom. The summed E-state index contributed by atoms with van der Waals surface area (Å²) in [6.07, 6.45) is 0.924. The first-order chi connectivity index (χ1) is 9.04. The molecule has 1 aromatic rings. The fourth-order valence-electron chi connectivity index (χ4n) is 1.67. The molecule has 0 heterocycles. The van der Waals surface area contributed by atoms with Crippen LogP contribution in [-0.2, 0) is 9.53 Å². The summed E-state index contributed by atoms with van der Waals surface area (Å²) in [7, 11) is 3.64. The van der Waals surface area contributed by atoms with Gasteiger partial charge in [-0.2, -0.15) is 0 Å². The molecule has 0 radical (unpaired) electrons. The molecule has 19 heavy (non-hydrogen) atoms. The lowest BCUT2D eigenvalue weighted by Crippen LogP contribution is -2.40. The van der Waals surface area contributed by atoms with Crippen LogP contribution in [-0.4, -0.2) is 44.2 Å². The maximum absolute atomic E-state index is 12.1. The lowest BCUT2D eigenvalue weighted by molar-refractivity contribution is -0.120. The zero-order valence-electron chi connectivity index (χ0n) is 11.6. The topological polar surface area (TPSA) is 41.6 Å². The lowest BCUT2D eigenvalue weighted by atomic mass is 10.2. The number of methoxy groups -OCH3 is 1. The molecule has 0 bridgehead atoms. The van der Waals surface area contributed by atoms with Gasteiger partial charge in [-0.05, 0) is 61.2 Å². The third-order valence-corrected chi connectivity index (χ3v) is 3.66. The standard InChI is InChI=1S/C14H21IN2O2/c1-11(17(2)8-5-9-19-3)14(18)16-13-7-4-6-12(15)10-13/h4,6-7,10-11H,5,8-9H2,1-3H3,(H,16,18). The number of amides is 1. The Hall–Kier alpha value is -0.660. The van der Waals surface area contributed by atoms with E-state index in [-0.39, 0.29) is 11.9 Å². The van der Waals surface area contributed by atoms with Crippen LogP contribution in [0.2, 0.25) is 0 Å². The first-order valence-corrected chi connectivity index (χ1v) is 7.38. The van der Waals surface area contributed by atoms with Crippen LogP contribution in [0.1, 0.15) is 13.3 Å². The van der Waals surface area contributed by atoms with Crippen LogP contribution in [0.4, 0.5) is 5.69 Å². The third-order valence-electron chi connectivity index (χ3n) is 2.99. The van der Waals surface area contributed by atoms with E-state index in [0.717, 1.165) is 28.8 Å². The van der Waals surface area contributed by atoms with E-state index < -0.39 is 0 Å². The number of rotatable bonds is 7. The molecule has 1 atom stereocenters. The van der Waals surface area contributed by atoms with Crippen molar-refractivity contribution in [3.8, 4) is 0 Å². The van der Waals surface area contributed by atoms with Crippen LogP contribution in [0.25, 0.3) is 0 Å². The third kappa shape index (κ3) is 5.88. The molecule has 0 saturated carbocycles. The van der Waals surface area contributed by atoms with Crippen LogP contribution in [0.5, 0.6) is 0 Å². The molecule has 0 aliphatic heterocycles. The number of carbonyl (C=O) groups excluding carboxylic acids is 1. The van der Waals surface area contributed by atoms with Gasteiger partial charge in [-0.3, -0.25) is 9.69 Å². The van der Waals surface area contributed by atoms with E-state index >= 15 is 0 Å². The summed E-state index contributed by atoms with van der Waals surface area (Å²) < 4.78 is 6.12. The van der Waals surface area contributed by atoms with Crippen molar-refractivity contribution in [1.82, 2.24) is 4.90 Å². The van der Waals surface area contributed by atoms with Gasteiger partial charge in [-0.1, -0.05) is 6.07 Å². The Bertz CT molecular complexity index is 412. The quantitative estimate of drug-likeness (QED) is 0.588. The molecule has 0 fully saturated rings. The van der Waals surface area contributed by atoms with Gasteiger partial charge in [-0.25, -0.2) is 0 Å². The van der Waals surface area contributed by atoms with Crippen molar-refractivity contribution in [2.75, 3.05) is 32.6 Å². The number of halogens is 1. The number of hydrogen-bond donors (Lipinski definition) is 1. The van der Waals surface area contributed by atoms with Crippen molar-refractivity contribution in [2.24, 2.45) is 0 Å². The van der Waals surface area contributed by atoms with Gasteiger partial charge in [0.25, 0.3) is 0 Å². The number of ether oxygens (including phenoxy) is 1. The number of nitrogens with one attached hydrogen (secondary N) is 1. The average molecular weight is 376 g/mol. The second kappa shape index (κ2) is 8.50. The lowest BCUT2D eigenvalue weighted by Gasteiger charge is -2.23. The number of carbonyl (C=O) groups is 1. The number of nitrogens with zero attached hydrogens (tertiary/aromatic N) is 1. The summed E-state index contributed by atoms with van der Waals surface area (Å²) in [5.41, 5.74) is 0.842. The van der Waals surface area contributed by atoms with Crippen molar-refractivity contribution >= 4 is 34.2 Å². The molecule has 5 heteroatoms. The van der Waals surface area contributed by atoms with Gasteiger partial charge in [0.05, 0.1) is 6.04 Å². The summed E-state index contributed by atoms with van der Waals surface area (Å²) in [6.45, 7) is 3.47. The molecule has 1 N–H and O–H groups in total. The Morgan fingerprint density at radius 1 is 1.53 bits per heavy atom. The first-order valence-electron chi connectivity index (χ1n) is 6.30. The smallest absolute Gasteiger partial charge is 0.241 e. The van der Waals surface area contributed by atoms with Gasteiger partial charge in [0.2, 0.25) is 5.91 Å². The SMILES string of the molecule is COCCCN(C)C(C)C(=O)Nc1cccc(I)c1. The van der Waals surface area contributed by atoms with E-state index in [2.05, 4.69) is 27.9 Å². The molecule has 4 nitrogen and oxygen atoms in total. The van der Waals surface area contributed by atoms with Crippen LogP contribution in [0.15, 0.2) is 24.3 Å². The van der Waals surface area contributed by atoms with Gasteiger partial charge in [-0.15, -0.1) is 0 Å². The monoisotopic (exact) mass is 376 g/mol. The zero-order valence-corrected chi connectivity index (χ0v) is 13.8. The highest BCUT2D eigenvalue weighted by atomic mass is 127. The van der Waals surface area contributed by atoms with E-state index in [1.807, 2.05) is 43.1 Å². The second-order valence-electron chi connectivity index (χ2n) is 4.50. The van der Waals surface area contributed by atoms with Gasteiger partial charge in [0.1, 0.15) is 0 Å². The number of anilines is 1. The van der Waals surface area contributed by atoms with E-state index in [0.29, 0.717) is 0 Å². The van der Waals surface area contributed by atoms with Crippen LogP contribution in [0, 0.1) is 3.57 Å². The fourth-order valence-corrected chi connectivity index (χ4v) is 2.21. The zero-order chi connectivity index (χ0) is 14.3. The Kier molecular flexibility index (Phi) is 7.33. The number of benzene rings is 1. The predicted octanol–water partition coefficient (Wildman–Crippen LogP) is 2.59. The Balaban J connectivity index is 2.48. The van der Waals surface area contributed by atoms with Crippen molar-refractivity contribution in [3.63, 3.8) is 0 Å². The summed E-state index contributed by atoms with van der Waals surface area (Å²) in [6, 6.07) is 7.63. The molecule has 0 aliphatic carbocycles. The van der Waals surface area contributed by atoms with Crippen LogP contribution in [0.3, 0.4) is 0 Å². The molecule has 1 rings (SSSR count). The molecular formula is C14H21IN2O2. The summed E-state index contributed by atoms with van der Waals surface area (Å²) in [5.74, 6) is 0.0157. The first kappa shape index (κ1) is 16.4. The minimum Gasteiger partial charge on any atom is -0.385 e. The molecule has 106 valence electrons. The number of hydrogen-bond acceptors (Lipinski definition) is 3. The molecule has 1 aromatic carbocycles. The highest BCUT2D eigenvalue weighted by Crippen LogP contribution is 2.13. The van der Waals surface area contributed by atoms with Gasteiger partial charge in [0, 0.05) is 29.5 Å². The maximum atomic E-state index is 12.1. The van der Waals surface area contributed by atoms with Crippen molar-refractivity contribution in [3.05, 3.63) is 27.8 Å². The molecule has 0 aromatic heterocycles. The van der Waals surface area contributed by atoms with Gasteiger partial charge >= 0.3 is 0 Å². The average Bonchev–Trinajstić information content (AvgIpc) is 2.38. The minimum atomic E-state index is -0.158. The van der Waals surface area contributed by atoms with E-state index in [1.165, 1.54) is 0 Å².